The van der Waals surface area contributed by atoms with Crippen LogP contribution in [0.3, 0.4) is 0 Å². The number of nitrogens with zero attached hydrogens (tertiary/aromatic N) is 3. The first-order valence-corrected chi connectivity index (χ1v) is 6.63. The van der Waals surface area contributed by atoms with Gasteiger partial charge in [0, 0.05) is 25.4 Å². The third kappa shape index (κ3) is 3.47. The Hall–Kier alpha value is -2.63. The fraction of sp³-hybridized carbons (Fsp3) is 0.267. The van der Waals surface area contributed by atoms with Crippen LogP contribution in [0.4, 0.5) is 11.5 Å². The molecule has 0 saturated heterocycles. The number of ether oxygens (including phenoxy) is 1. The molecule has 0 fully saturated rings. The minimum Gasteiger partial charge on any atom is -0.497 e. The van der Waals surface area contributed by atoms with E-state index in [9.17, 15) is 10.1 Å². The van der Waals surface area contributed by atoms with Crippen molar-refractivity contribution < 1.29 is 9.66 Å². The second-order valence-electron chi connectivity index (χ2n) is 4.47. The number of rotatable bonds is 6. The van der Waals surface area contributed by atoms with E-state index in [1.54, 1.807) is 19.4 Å². The molecule has 2 rings (SSSR count). The predicted octanol–water partition coefficient (Wildman–Crippen LogP) is 3.02. The van der Waals surface area contributed by atoms with Crippen LogP contribution in [-0.2, 0) is 6.54 Å². The number of anilines is 1. The van der Waals surface area contributed by atoms with Gasteiger partial charge in [0.2, 0.25) is 5.82 Å². The Morgan fingerprint density at radius 3 is 2.57 bits per heavy atom. The molecule has 1 aromatic carbocycles. The molecule has 21 heavy (non-hydrogen) atoms. The lowest BCUT2D eigenvalue weighted by Gasteiger charge is -2.21. The molecule has 0 spiro atoms. The fourth-order valence-corrected chi connectivity index (χ4v) is 2.06. The summed E-state index contributed by atoms with van der Waals surface area (Å²) in [5.41, 5.74) is 1.06. The molecule has 0 saturated carbocycles. The van der Waals surface area contributed by atoms with Crippen LogP contribution in [0.25, 0.3) is 0 Å². The van der Waals surface area contributed by atoms with Crippen LogP contribution in [0.2, 0.25) is 0 Å². The van der Waals surface area contributed by atoms with Crippen molar-refractivity contribution in [3.63, 3.8) is 0 Å². The molecular formula is C15H17N3O3. The van der Waals surface area contributed by atoms with Gasteiger partial charge in [0.15, 0.2) is 0 Å². The van der Waals surface area contributed by atoms with Crippen molar-refractivity contribution in [3.8, 4) is 5.75 Å². The molecule has 0 radical (unpaired) electrons. The Morgan fingerprint density at radius 2 is 2.00 bits per heavy atom. The molecule has 0 aliphatic carbocycles. The maximum absolute atomic E-state index is 11.1. The molecule has 6 heteroatoms. The molecule has 0 N–H and O–H groups in total. The summed E-state index contributed by atoms with van der Waals surface area (Å²) in [4.78, 5) is 16.7. The Bertz CT molecular complexity index is 614. The van der Waals surface area contributed by atoms with Crippen molar-refractivity contribution in [1.82, 2.24) is 4.98 Å². The van der Waals surface area contributed by atoms with E-state index < -0.39 is 4.92 Å². The fourth-order valence-electron chi connectivity index (χ4n) is 2.06. The van der Waals surface area contributed by atoms with E-state index in [-0.39, 0.29) is 5.69 Å². The zero-order chi connectivity index (χ0) is 15.2. The van der Waals surface area contributed by atoms with Gasteiger partial charge in [0.05, 0.1) is 12.0 Å². The van der Waals surface area contributed by atoms with E-state index in [4.69, 9.17) is 4.74 Å². The van der Waals surface area contributed by atoms with E-state index >= 15 is 0 Å². The van der Waals surface area contributed by atoms with Crippen LogP contribution in [0.15, 0.2) is 42.6 Å². The second-order valence-corrected chi connectivity index (χ2v) is 4.47. The first-order chi connectivity index (χ1) is 10.2. The van der Waals surface area contributed by atoms with Gasteiger partial charge in [0.25, 0.3) is 0 Å². The van der Waals surface area contributed by atoms with Gasteiger partial charge < -0.3 is 9.64 Å². The molecule has 2 aromatic rings. The summed E-state index contributed by atoms with van der Waals surface area (Å²) in [6.45, 7) is 3.13. The summed E-state index contributed by atoms with van der Waals surface area (Å²) >= 11 is 0. The molecule has 1 heterocycles. The first kappa shape index (κ1) is 14.8. The smallest absolute Gasteiger partial charge is 0.311 e. The van der Waals surface area contributed by atoms with Crippen molar-refractivity contribution in [2.24, 2.45) is 0 Å². The third-order valence-corrected chi connectivity index (χ3v) is 3.18. The van der Waals surface area contributed by atoms with Gasteiger partial charge in [-0.2, -0.15) is 0 Å². The average Bonchev–Trinajstić information content (AvgIpc) is 2.53. The summed E-state index contributed by atoms with van der Waals surface area (Å²) in [6.07, 6.45) is 1.57. The lowest BCUT2D eigenvalue weighted by atomic mass is 10.2. The minimum atomic E-state index is -0.404. The Labute approximate surface area is 123 Å². The summed E-state index contributed by atoms with van der Waals surface area (Å²) < 4.78 is 5.12. The number of hydrogen-bond acceptors (Lipinski definition) is 5. The minimum absolute atomic E-state index is 0.0212. The standard InChI is InChI=1S/C15H17N3O3/c1-3-17(11-12-6-8-13(21-2)9-7-12)15-14(18(19)20)5-4-10-16-15/h4-10H,3,11H2,1-2H3. The monoisotopic (exact) mass is 287 g/mol. The number of nitro groups is 1. The summed E-state index contributed by atoms with van der Waals surface area (Å²) in [5.74, 6) is 1.17. The number of hydrogen-bond donors (Lipinski definition) is 0. The van der Waals surface area contributed by atoms with Crippen molar-refractivity contribution in [2.45, 2.75) is 13.5 Å². The zero-order valence-electron chi connectivity index (χ0n) is 12.0. The van der Waals surface area contributed by atoms with Crippen molar-refractivity contribution in [1.29, 1.82) is 0 Å². The summed E-state index contributed by atoms with van der Waals surface area (Å²) in [6, 6.07) is 10.7. The van der Waals surface area contributed by atoms with Crippen LogP contribution in [0.1, 0.15) is 12.5 Å². The van der Waals surface area contributed by atoms with Crippen LogP contribution in [0, 0.1) is 10.1 Å². The quantitative estimate of drug-likeness (QED) is 0.603. The van der Waals surface area contributed by atoms with Crippen molar-refractivity contribution in [3.05, 3.63) is 58.3 Å². The third-order valence-electron chi connectivity index (χ3n) is 3.18. The Balaban J connectivity index is 2.25. The SMILES string of the molecule is CCN(Cc1ccc(OC)cc1)c1ncccc1[N+](=O)[O-]. The highest BCUT2D eigenvalue weighted by Gasteiger charge is 2.19. The lowest BCUT2D eigenvalue weighted by molar-refractivity contribution is -0.384. The van der Waals surface area contributed by atoms with E-state index in [1.165, 1.54) is 6.07 Å². The number of methoxy groups -OCH3 is 1. The van der Waals surface area contributed by atoms with Gasteiger partial charge in [-0.1, -0.05) is 12.1 Å². The van der Waals surface area contributed by atoms with Gasteiger partial charge in [-0.15, -0.1) is 0 Å². The highest BCUT2D eigenvalue weighted by molar-refractivity contribution is 5.57. The molecule has 0 atom stereocenters. The van der Waals surface area contributed by atoms with Gasteiger partial charge in [-0.05, 0) is 30.7 Å². The predicted molar refractivity (Wildman–Crippen MR) is 80.6 cm³/mol. The van der Waals surface area contributed by atoms with Gasteiger partial charge in [-0.3, -0.25) is 10.1 Å². The van der Waals surface area contributed by atoms with Crippen LogP contribution < -0.4 is 9.64 Å². The van der Waals surface area contributed by atoms with E-state index in [1.807, 2.05) is 36.1 Å². The second kappa shape index (κ2) is 6.69. The molecule has 0 amide bonds. The largest absolute Gasteiger partial charge is 0.497 e. The van der Waals surface area contributed by atoms with Crippen LogP contribution in [0.5, 0.6) is 5.75 Å². The number of benzene rings is 1. The average molecular weight is 287 g/mol. The van der Waals surface area contributed by atoms with Crippen LogP contribution >= 0.6 is 0 Å². The molecule has 0 aliphatic rings. The maximum atomic E-state index is 11.1. The molecular weight excluding hydrogens is 270 g/mol. The molecule has 6 nitrogen and oxygen atoms in total. The molecule has 1 aromatic heterocycles. The Morgan fingerprint density at radius 1 is 1.29 bits per heavy atom. The molecule has 0 aliphatic heterocycles. The van der Waals surface area contributed by atoms with Gasteiger partial charge in [-0.25, -0.2) is 4.98 Å². The van der Waals surface area contributed by atoms with Crippen molar-refractivity contribution >= 4 is 11.5 Å². The topological polar surface area (TPSA) is 68.5 Å². The molecule has 0 bridgehead atoms. The molecule has 110 valence electrons. The van der Waals surface area contributed by atoms with E-state index in [0.717, 1.165) is 11.3 Å². The van der Waals surface area contributed by atoms with Gasteiger partial charge in [0.1, 0.15) is 5.75 Å². The number of aromatic nitrogens is 1. The Kier molecular flexibility index (Phi) is 4.71. The highest BCUT2D eigenvalue weighted by Crippen LogP contribution is 2.26. The first-order valence-electron chi connectivity index (χ1n) is 6.63. The normalized spacial score (nSPS) is 10.2. The zero-order valence-corrected chi connectivity index (χ0v) is 12.0. The van der Waals surface area contributed by atoms with E-state index in [0.29, 0.717) is 18.9 Å². The summed E-state index contributed by atoms with van der Waals surface area (Å²) in [7, 11) is 1.62. The van der Waals surface area contributed by atoms with Crippen molar-refractivity contribution in [2.75, 3.05) is 18.6 Å². The molecule has 0 unspecified atom stereocenters. The maximum Gasteiger partial charge on any atom is 0.311 e. The van der Waals surface area contributed by atoms with Crippen LogP contribution in [-0.4, -0.2) is 23.6 Å². The summed E-state index contributed by atoms with van der Waals surface area (Å²) in [5, 5.41) is 11.1. The van der Waals surface area contributed by atoms with Gasteiger partial charge >= 0.3 is 5.69 Å². The van der Waals surface area contributed by atoms with E-state index in [2.05, 4.69) is 4.98 Å². The number of pyridine rings is 1. The lowest BCUT2D eigenvalue weighted by Crippen LogP contribution is -2.24. The highest BCUT2D eigenvalue weighted by atomic mass is 16.6.